The van der Waals surface area contributed by atoms with Crippen LogP contribution in [-0.2, 0) is 18.6 Å². The van der Waals surface area contributed by atoms with Crippen molar-refractivity contribution in [1.82, 2.24) is 5.48 Å². The summed E-state index contributed by atoms with van der Waals surface area (Å²) in [6.07, 6.45) is -0.688. The molecule has 0 saturated heterocycles. The van der Waals surface area contributed by atoms with Crippen LogP contribution in [-0.4, -0.2) is 43.3 Å². The van der Waals surface area contributed by atoms with E-state index in [2.05, 4.69) is 0 Å². The maximum Gasteiger partial charge on any atom is 0.335 e. The van der Waals surface area contributed by atoms with Crippen LogP contribution >= 0.6 is 7.37 Å². The van der Waals surface area contributed by atoms with Gasteiger partial charge in [-0.1, -0.05) is 0 Å². The molecule has 0 aliphatic heterocycles. The third-order valence-corrected chi connectivity index (χ3v) is 3.43. The Balaban J connectivity index is 4.08. The lowest BCUT2D eigenvalue weighted by atomic mass is 10.4. The fourth-order valence-corrected chi connectivity index (χ4v) is 2.31. The minimum atomic E-state index is -2.87. The van der Waals surface area contributed by atoms with E-state index in [9.17, 15) is 9.36 Å². The predicted molar refractivity (Wildman–Crippen MR) is 55.4 cm³/mol. The van der Waals surface area contributed by atoms with Crippen LogP contribution in [0.1, 0.15) is 13.8 Å². The molecule has 0 amide bonds. The zero-order valence-electron chi connectivity index (χ0n) is 9.23. The van der Waals surface area contributed by atoms with Crippen molar-refractivity contribution < 1.29 is 23.8 Å². The van der Waals surface area contributed by atoms with Crippen LogP contribution in [0.4, 0.5) is 0 Å². The number of rotatable bonds is 7. The van der Waals surface area contributed by atoms with Crippen LogP contribution in [0.2, 0.25) is 0 Å². The fourth-order valence-electron chi connectivity index (χ4n) is 0.943. The molecule has 0 heterocycles. The van der Waals surface area contributed by atoms with E-state index in [0.29, 0.717) is 0 Å². The smallest absolute Gasteiger partial charge is 0.335 e. The van der Waals surface area contributed by atoms with E-state index in [-0.39, 0.29) is 19.3 Å². The van der Waals surface area contributed by atoms with Gasteiger partial charge in [-0.15, -0.1) is 0 Å². The quantitative estimate of drug-likeness (QED) is 0.389. The lowest BCUT2D eigenvalue weighted by molar-refractivity contribution is -0.150. The first-order valence-electron chi connectivity index (χ1n) is 4.71. The zero-order chi connectivity index (χ0) is 11.9. The standard InChI is InChI=1S/C8H18NO5P/c1-4-13-8(10)7(2)14-15(3,12)6-5-9-11/h7,9,11H,4-6H2,1-3H3/t7-,15?/m1/s1. The molecule has 0 saturated carbocycles. The Kier molecular flexibility index (Phi) is 6.76. The van der Waals surface area contributed by atoms with Gasteiger partial charge in [0.25, 0.3) is 0 Å². The molecule has 0 bridgehead atoms. The molecule has 7 heteroatoms. The number of ether oxygens (including phenoxy) is 1. The molecule has 90 valence electrons. The Morgan fingerprint density at radius 1 is 1.60 bits per heavy atom. The molecule has 0 aromatic rings. The summed E-state index contributed by atoms with van der Waals surface area (Å²) < 4.78 is 21.5. The van der Waals surface area contributed by atoms with E-state index in [1.807, 2.05) is 5.48 Å². The number of hydroxylamine groups is 1. The van der Waals surface area contributed by atoms with Crippen LogP contribution in [0.15, 0.2) is 0 Å². The van der Waals surface area contributed by atoms with E-state index in [1.165, 1.54) is 13.6 Å². The number of carbonyl (C=O) groups is 1. The summed E-state index contributed by atoms with van der Waals surface area (Å²) >= 11 is 0. The van der Waals surface area contributed by atoms with Crippen molar-refractivity contribution in [3.8, 4) is 0 Å². The first-order valence-corrected chi connectivity index (χ1v) is 6.97. The summed E-state index contributed by atoms with van der Waals surface area (Å²) in [6.45, 7) is 5.01. The summed E-state index contributed by atoms with van der Waals surface area (Å²) in [5.41, 5.74) is 1.88. The third-order valence-electron chi connectivity index (χ3n) is 1.63. The SMILES string of the molecule is CCOC(=O)[C@@H](C)OP(C)(=O)CCNO. The molecule has 2 atom stereocenters. The average Bonchev–Trinajstić information content (AvgIpc) is 2.14. The molecular weight excluding hydrogens is 221 g/mol. The van der Waals surface area contributed by atoms with Gasteiger partial charge in [0.2, 0.25) is 7.37 Å². The van der Waals surface area contributed by atoms with Crippen molar-refractivity contribution in [2.45, 2.75) is 20.0 Å². The zero-order valence-corrected chi connectivity index (χ0v) is 10.1. The van der Waals surface area contributed by atoms with Crippen LogP contribution in [0.3, 0.4) is 0 Å². The molecule has 15 heavy (non-hydrogen) atoms. The number of hydrogen-bond acceptors (Lipinski definition) is 6. The highest BCUT2D eigenvalue weighted by molar-refractivity contribution is 7.58. The second-order valence-corrected chi connectivity index (χ2v) is 5.83. The Morgan fingerprint density at radius 2 is 2.20 bits per heavy atom. The summed E-state index contributed by atoms with van der Waals surface area (Å²) in [4.78, 5) is 11.2. The summed E-state index contributed by atoms with van der Waals surface area (Å²) in [5.74, 6) is -0.531. The first kappa shape index (κ1) is 14.6. The van der Waals surface area contributed by atoms with Gasteiger partial charge in [-0.25, -0.2) is 10.3 Å². The van der Waals surface area contributed by atoms with E-state index in [0.717, 1.165) is 0 Å². The summed E-state index contributed by atoms with van der Waals surface area (Å²) in [6, 6.07) is 0. The van der Waals surface area contributed by atoms with Gasteiger partial charge >= 0.3 is 5.97 Å². The van der Waals surface area contributed by atoms with Gasteiger partial charge in [-0.2, -0.15) is 0 Å². The molecule has 0 spiro atoms. The minimum Gasteiger partial charge on any atom is -0.464 e. The number of hydrogen-bond donors (Lipinski definition) is 2. The predicted octanol–water partition coefficient (Wildman–Crippen LogP) is 0.841. The van der Waals surface area contributed by atoms with Gasteiger partial charge in [-0.3, -0.25) is 4.57 Å². The van der Waals surface area contributed by atoms with Crippen molar-refractivity contribution in [3.05, 3.63) is 0 Å². The lowest BCUT2D eigenvalue weighted by Gasteiger charge is -2.17. The Hall–Kier alpha value is -0.420. The molecular formula is C8H18NO5P. The highest BCUT2D eigenvalue weighted by Gasteiger charge is 2.24. The average molecular weight is 239 g/mol. The maximum atomic E-state index is 11.7. The molecule has 0 rings (SSSR count). The van der Waals surface area contributed by atoms with Gasteiger partial charge in [-0.05, 0) is 13.8 Å². The second-order valence-electron chi connectivity index (χ2n) is 3.15. The van der Waals surface area contributed by atoms with Crippen LogP contribution in [0, 0.1) is 0 Å². The summed E-state index contributed by atoms with van der Waals surface area (Å²) in [7, 11) is -2.87. The molecule has 0 radical (unpaired) electrons. The Labute approximate surface area is 89.4 Å². The normalized spacial score (nSPS) is 16.8. The van der Waals surface area contributed by atoms with Crippen LogP contribution in [0.5, 0.6) is 0 Å². The van der Waals surface area contributed by atoms with Crippen LogP contribution < -0.4 is 5.48 Å². The summed E-state index contributed by atoms with van der Waals surface area (Å²) in [5, 5.41) is 8.34. The van der Waals surface area contributed by atoms with E-state index >= 15 is 0 Å². The highest BCUT2D eigenvalue weighted by atomic mass is 31.2. The second kappa shape index (κ2) is 6.95. The minimum absolute atomic E-state index is 0.156. The molecule has 0 fully saturated rings. The van der Waals surface area contributed by atoms with Gasteiger partial charge in [0.15, 0.2) is 6.10 Å². The number of carbonyl (C=O) groups excluding carboxylic acids is 1. The molecule has 0 aromatic heterocycles. The molecule has 0 aliphatic rings. The van der Waals surface area contributed by atoms with E-state index in [4.69, 9.17) is 14.5 Å². The largest absolute Gasteiger partial charge is 0.464 e. The topological polar surface area (TPSA) is 84.9 Å². The van der Waals surface area contributed by atoms with E-state index in [1.54, 1.807) is 6.92 Å². The fraction of sp³-hybridized carbons (Fsp3) is 0.875. The van der Waals surface area contributed by atoms with Crippen molar-refractivity contribution in [2.75, 3.05) is 26.0 Å². The Morgan fingerprint density at radius 3 is 2.67 bits per heavy atom. The maximum absolute atomic E-state index is 11.7. The molecule has 2 N–H and O–H groups in total. The Bertz CT molecular complexity index is 245. The number of esters is 1. The van der Waals surface area contributed by atoms with Crippen molar-refractivity contribution in [2.24, 2.45) is 0 Å². The molecule has 6 nitrogen and oxygen atoms in total. The lowest BCUT2D eigenvalue weighted by Crippen LogP contribution is -2.24. The first-order chi connectivity index (χ1) is 6.93. The number of nitrogens with one attached hydrogen (secondary N) is 1. The van der Waals surface area contributed by atoms with Gasteiger partial charge in [0.05, 0.1) is 6.61 Å². The van der Waals surface area contributed by atoms with Crippen molar-refractivity contribution in [3.63, 3.8) is 0 Å². The molecule has 1 unspecified atom stereocenters. The van der Waals surface area contributed by atoms with Crippen LogP contribution in [0.25, 0.3) is 0 Å². The highest BCUT2D eigenvalue weighted by Crippen LogP contribution is 2.43. The molecule has 0 aromatic carbocycles. The molecule has 0 aliphatic carbocycles. The third kappa shape index (κ3) is 6.62. The van der Waals surface area contributed by atoms with Crippen molar-refractivity contribution in [1.29, 1.82) is 0 Å². The van der Waals surface area contributed by atoms with Gasteiger partial charge in [0.1, 0.15) is 0 Å². The van der Waals surface area contributed by atoms with Gasteiger partial charge < -0.3 is 14.5 Å². The van der Waals surface area contributed by atoms with E-state index < -0.39 is 19.4 Å². The van der Waals surface area contributed by atoms with Crippen molar-refractivity contribution >= 4 is 13.3 Å². The monoisotopic (exact) mass is 239 g/mol. The van der Waals surface area contributed by atoms with Gasteiger partial charge in [0, 0.05) is 19.4 Å².